The van der Waals surface area contributed by atoms with Gasteiger partial charge in [-0.15, -0.1) is 0 Å². The summed E-state index contributed by atoms with van der Waals surface area (Å²) >= 11 is 6.14. The van der Waals surface area contributed by atoms with Crippen molar-refractivity contribution < 1.29 is 9.53 Å². The maximum atomic E-state index is 12.2. The van der Waals surface area contributed by atoms with Crippen molar-refractivity contribution in [2.75, 3.05) is 6.61 Å². The molecule has 1 aromatic carbocycles. The maximum absolute atomic E-state index is 12.2. The van der Waals surface area contributed by atoms with E-state index >= 15 is 0 Å². The second-order valence-electron chi connectivity index (χ2n) is 5.55. The number of aromatic amines is 1. The summed E-state index contributed by atoms with van der Waals surface area (Å²) in [7, 11) is 0. The molecule has 5 nitrogen and oxygen atoms in total. The van der Waals surface area contributed by atoms with Crippen molar-refractivity contribution in [3.63, 3.8) is 0 Å². The van der Waals surface area contributed by atoms with Crippen LogP contribution in [-0.2, 0) is 17.6 Å². The molecule has 0 fully saturated rings. The number of aryl methyl sites for hydroxylation is 1. The quantitative estimate of drug-likeness (QED) is 0.817. The zero-order valence-electron chi connectivity index (χ0n) is 13.6. The molecule has 0 aliphatic rings. The predicted octanol–water partition coefficient (Wildman–Crippen LogP) is 3.06. The van der Waals surface area contributed by atoms with E-state index in [0.29, 0.717) is 23.8 Å². The van der Waals surface area contributed by atoms with E-state index in [1.807, 2.05) is 39.0 Å². The summed E-state index contributed by atoms with van der Waals surface area (Å²) in [5, 5.41) is 10.6. The van der Waals surface area contributed by atoms with Gasteiger partial charge in [0.05, 0.1) is 23.7 Å². The molecule has 1 unspecified atom stereocenters. The van der Waals surface area contributed by atoms with Crippen LogP contribution in [0.25, 0.3) is 0 Å². The van der Waals surface area contributed by atoms with E-state index in [1.54, 1.807) is 6.07 Å². The third kappa shape index (κ3) is 4.99. The summed E-state index contributed by atoms with van der Waals surface area (Å²) < 4.78 is 5.55. The second kappa shape index (κ2) is 8.02. The van der Waals surface area contributed by atoms with Crippen LogP contribution in [0.2, 0.25) is 5.02 Å². The molecule has 0 spiro atoms. The van der Waals surface area contributed by atoms with Gasteiger partial charge in [0.25, 0.3) is 0 Å². The molecule has 1 aromatic heterocycles. The van der Waals surface area contributed by atoms with E-state index in [1.165, 1.54) is 0 Å². The third-order valence-electron chi connectivity index (χ3n) is 3.37. The van der Waals surface area contributed by atoms with E-state index in [-0.39, 0.29) is 18.4 Å². The average molecular weight is 336 g/mol. The third-order valence-corrected chi connectivity index (χ3v) is 3.67. The molecule has 0 aliphatic heterocycles. The number of carbonyl (C=O) groups is 1. The molecule has 2 rings (SSSR count). The molecule has 1 amide bonds. The summed E-state index contributed by atoms with van der Waals surface area (Å²) in [5.41, 5.74) is 2.74. The van der Waals surface area contributed by atoms with Gasteiger partial charge in [0.15, 0.2) is 0 Å². The Morgan fingerprint density at radius 2 is 2.26 bits per heavy atom. The van der Waals surface area contributed by atoms with Gasteiger partial charge < -0.3 is 10.1 Å². The molecule has 1 heterocycles. The first-order chi connectivity index (χ1) is 11.0. The molecule has 23 heavy (non-hydrogen) atoms. The average Bonchev–Trinajstić information content (AvgIpc) is 2.87. The van der Waals surface area contributed by atoms with Gasteiger partial charge in [-0.3, -0.25) is 9.89 Å². The standard InChI is InChI=1S/C17H22ClN3O2/c1-4-23-17-13(6-5-7-15(17)18)10-16(22)19-11(2)8-14-9-12(3)20-21-14/h5-7,9,11H,4,8,10H2,1-3H3,(H,19,22)(H,20,21). The lowest BCUT2D eigenvalue weighted by Gasteiger charge is -2.15. The highest BCUT2D eigenvalue weighted by molar-refractivity contribution is 6.32. The number of aromatic nitrogens is 2. The van der Waals surface area contributed by atoms with E-state index < -0.39 is 0 Å². The van der Waals surface area contributed by atoms with Crippen molar-refractivity contribution in [3.8, 4) is 5.75 Å². The number of amides is 1. The fourth-order valence-corrected chi connectivity index (χ4v) is 2.69. The van der Waals surface area contributed by atoms with Gasteiger partial charge in [-0.25, -0.2) is 0 Å². The van der Waals surface area contributed by atoms with Crippen LogP contribution < -0.4 is 10.1 Å². The van der Waals surface area contributed by atoms with Crippen molar-refractivity contribution in [3.05, 3.63) is 46.2 Å². The van der Waals surface area contributed by atoms with E-state index in [4.69, 9.17) is 16.3 Å². The summed E-state index contributed by atoms with van der Waals surface area (Å²) in [6.45, 7) is 6.31. The van der Waals surface area contributed by atoms with Gasteiger partial charge >= 0.3 is 0 Å². The smallest absolute Gasteiger partial charge is 0.224 e. The van der Waals surface area contributed by atoms with Crippen LogP contribution in [-0.4, -0.2) is 28.8 Å². The SMILES string of the molecule is CCOc1c(Cl)cccc1CC(=O)NC(C)Cc1cc(C)[nH]n1. The monoisotopic (exact) mass is 335 g/mol. The summed E-state index contributed by atoms with van der Waals surface area (Å²) in [4.78, 5) is 12.2. The number of halogens is 1. The molecule has 2 N–H and O–H groups in total. The molecule has 0 aliphatic carbocycles. The second-order valence-corrected chi connectivity index (χ2v) is 5.96. The van der Waals surface area contributed by atoms with Gasteiger partial charge in [-0.1, -0.05) is 23.7 Å². The highest BCUT2D eigenvalue weighted by Crippen LogP contribution is 2.29. The van der Waals surface area contributed by atoms with Crippen molar-refractivity contribution in [1.82, 2.24) is 15.5 Å². The van der Waals surface area contributed by atoms with Crippen LogP contribution in [0.3, 0.4) is 0 Å². The van der Waals surface area contributed by atoms with Gasteiger partial charge in [0.2, 0.25) is 5.91 Å². The van der Waals surface area contributed by atoms with Gasteiger partial charge in [0.1, 0.15) is 5.75 Å². The summed E-state index contributed by atoms with van der Waals surface area (Å²) in [5.74, 6) is 0.523. The van der Waals surface area contributed by atoms with Crippen LogP contribution in [0.4, 0.5) is 0 Å². The van der Waals surface area contributed by atoms with E-state index in [9.17, 15) is 4.79 Å². The Kier molecular flexibility index (Phi) is 6.04. The van der Waals surface area contributed by atoms with E-state index in [0.717, 1.165) is 17.0 Å². The molecular formula is C17H22ClN3O2. The Morgan fingerprint density at radius 3 is 2.91 bits per heavy atom. The van der Waals surface area contributed by atoms with Crippen molar-refractivity contribution in [2.45, 2.75) is 39.7 Å². The molecule has 0 bridgehead atoms. The minimum absolute atomic E-state index is 0.0000670. The number of nitrogens with zero attached hydrogens (tertiary/aromatic N) is 1. The van der Waals surface area contributed by atoms with Crippen LogP contribution in [0, 0.1) is 6.92 Å². The van der Waals surface area contributed by atoms with Crippen LogP contribution in [0.15, 0.2) is 24.3 Å². The molecule has 0 saturated carbocycles. The lowest BCUT2D eigenvalue weighted by molar-refractivity contribution is -0.121. The molecule has 6 heteroatoms. The predicted molar refractivity (Wildman–Crippen MR) is 91.0 cm³/mol. The number of carbonyl (C=O) groups excluding carboxylic acids is 1. The zero-order chi connectivity index (χ0) is 16.8. The Morgan fingerprint density at radius 1 is 1.48 bits per heavy atom. The topological polar surface area (TPSA) is 67.0 Å². The van der Waals surface area contributed by atoms with Crippen LogP contribution in [0.5, 0.6) is 5.75 Å². The van der Waals surface area contributed by atoms with Crippen LogP contribution in [0.1, 0.15) is 30.8 Å². The Balaban J connectivity index is 1.95. The molecule has 2 aromatic rings. The number of nitrogens with one attached hydrogen (secondary N) is 2. The highest BCUT2D eigenvalue weighted by atomic mass is 35.5. The first kappa shape index (κ1) is 17.3. The number of benzene rings is 1. The molecule has 0 saturated heterocycles. The lowest BCUT2D eigenvalue weighted by atomic mass is 10.1. The Labute approximate surface area is 141 Å². The fourth-order valence-electron chi connectivity index (χ4n) is 2.44. The highest BCUT2D eigenvalue weighted by Gasteiger charge is 2.14. The normalized spacial score (nSPS) is 12.0. The minimum Gasteiger partial charge on any atom is -0.492 e. The molecule has 1 atom stereocenters. The molecular weight excluding hydrogens is 314 g/mol. The number of hydrogen-bond donors (Lipinski definition) is 2. The number of ether oxygens (including phenoxy) is 1. The van der Waals surface area contributed by atoms with Crippen molar-refractivity contribution in [1.29, 1.82) is 0 Å². The zero-order valence-corrected chi connectivity index (χ0v) is 14.4. The molecule has 124 valence electrons. The van der Waals surface area contributed by atoms with Crippen LogP contribution >= 0.6 is 11.6 Å². The number of hydrogen-bond acceptors (Lipinski definition) is 3. The van der Waals surface area contributed by atoms with Gasteiger partial charge in [-0.2, -0.15) is 5.10 Å². The van der Waals surface area contributed by atoms with Crippen molar-refractivity contribution >= 4 is 17.5 Å². The fraction of sp³-hybridized carbons (Fsp3) is 0.412. The Bertz CT molecular complexity index is 670. The van der Waals surface area contributed by atoms with Gasteiger partial charge in [-0.05, 0) is 32.9 Å². The Hall–Kier alpha value is -2.01. The molecule has 0 radical (unpaired) electrons. The first-order valence-corrected chi connectivity index (χ1v) is 8.07. The maximum Gasteiger partial charge on any atom is 0.224 e. The summed E-state index contributed by atoms with van der Waals surface area (Å²) in [6, 6.07) is 7.42. The largest absolute Gasteiger partial charge is 0.492 e. The number of para-hydroxylation sites is 1. The van der Waals surface area contributed by atoms with Gasteiger partial charge in [0, 0.05) is 23.7 Å². The lowest BCUT2D eigenvalue weighted by Crippen LogP contribution is -2.35. The summed E-state index contributed by atoms with van der Waals surface area (Å²) in [6.07, 6.45) is 0.920. The minimum atomic E-state index is -0.0621. The van der Waals surface area contributed by atoms with Crippen molar-refractivity contribution in [2.24, 2.45) is 0 Å². The first-order valence-electron chi connectivity index (χ1n) is 7.70. The number of rotatable bonds is 7. The number of H-pyrrole nitrogens is 1. The van der Waals surface area contributed by atoms with E-state index in [2.05, 4.69) is 15.5 Å².